The molecule has 1 saturated heterocycles. The van der Waals surface area contributed by atoms with Gasteiger partial charge in [-0.25, -0.2) is 0 Å². The Labute approximate surface area is 142 Å². The van der Waals surface area contributed by atoms with Gasteiger partial charge in [0.05, 0.1) is 19.3 Å². The van der Waals surface area contributed by atoms with Gasteiger partial charge in [-0.2, -0.15) is 5.10 Å². The number of benzene rings is 1. The van der Waals surface area contributed by atoms with E-state index < -0.39 is 0 Å². The van der Waals surface area contributed by atoms with E-state index in [1.54, 1.807) is 25.2 Å². The highest BCUT2D eigenvalue weighted by molar-refractivity contribution is 5.94. The lowest BCUT2D eigenvalue weighted by Gasteiger charge is -2.33. The Morgan fingerprint density at radius 3 is 3.00 bits per heavy atom. The van der Waals surface area contributed by atoms with E-state index in [2.05, 4.69) is 16.1 Å². The van der Waals surface area contributed by atoms with Crippen molar-refractivity contribution in [1.82, 2.24) is 19.6 Å². The number of aromatic nitrogens is 2. The Morgan fingerprint density at radius 1 is 1.38 bits per heavy atom. The lowest BCUT2D eigenvalue weighted by molar-refractivity contribution is -0.0402. The van der Waals surface area contributed by atoms with Crippen molar-refractivity contribution >= 4 is 5.91 Å². The molecule has 1 amide bonds. The van der Waals surface area contributed by atoms with E-state index in [0.29, 0.717) is 0 Å². The smallest absolute Gasteiger partial charge is 0.253 e. The third-order valence-corrected chi connectivity index (χ3v) is 4.16. The first kappa shape index (κ1) is 16.7. The second-order valence-electron chi connectivity index (χ2n) is 6.36. The topological polar surface area (TPSA) is 50.6 Å². The number of hydrogen-bond acceptors (Lipinski definition) is 4. The van der Waals surface area contributed by atoms with Crippen LogP contribution in [-0.4, -0.2) is 65.4 Å². The standard InChI is InChI=1S/C18H24N4O2/c1-20(2)18(23)16-6-3-5-15(11-16)12-21-9-10-24-17(13-21)14-22-8-4-7-19-22/h3-8,11,17H,9-10,12-14H2,1-2H3. The van der Waals surface area contributed by atoms with E-state index >= 15 is 0 Å². The molecular formula is C18H24N4O2. The van der Waals surface area contributed by atoms with Gasteiger partial charge in [0.2, 0.25) is 0 Å². The molecule has 1 aliphatic rings. The largest absolute Gasteiger partial charge is 0.374 e. The number of carbonyl (C=O) groups excluding carboxylic acids is 1. The van der Waals surface area contributed by atoms with Crippen LogP contribution in [0.1, 0.15) is 15.9 Å². The van der Waals surface area contributed by atoms with Gasteiger partial charge >= 0.3 is 0 Å². The number of amides is 1. The maximum atomic E-state index is 12.1. The SMILES string of the molecule is CN(C)C(=O)c1cccc(CN2CCOC(Cn3cccn3)C2)c1. The summed E-state index contributed by atoms with van der Waals surface area (Å²) in [4.78, 5) is 16.1. The fourth-order valence-electron chi connectivity index (χ4n) is 2.97. The predicted molar refractivity (Wildman–Crippen MR) is 91.7 cm³/mol. The fourth-order valence-corrected chi connectivity index (χ4v) is 2.97. The molecule has 2 heterocycles. The minimum Gasteiger partial charge on any atom is -0.374 e. The number of rotatable bonds is 5. The molecule has 1 aliphatic heterocycles. The first-order valence-electron chi connectivity index (χ1n) is 8.24. The van der Waals surface area contributed by atoms with Crippen molar-refractivity contribution in [3.63, 3.8) is 0 Å². The van der Waals surface area contributed by atoms with Crippen LogP contribution in [0.4, 0.5) is 0 Å². The summed E-state index contributed by atoms with van der Waals surface area (Å²) in [5.74, 6) is 0.0374. The van der Waals surface area contributed by atoms with Gasteiger partial charge in [-0.3, -0.25) is 14.4 Å². The summed E-state index contributed by atoms with van der Waals surface area (Å²) in [6.45, 7) is 4.09. The van der Waals surface area contributed by atoms with Crippen molar-refractivity contribution in [3.8, 4) is 0 Å². The molecule has 0 radical (unpaired) electrons. The Morgan fingerprint density at radius 2 is 2.25 bits per heavy atom. The van der Waals surface area contributed by atoms with Crippen molar-refractivity contribution < 1.29 is 9.53 Å². The normalized spacial score (nSPS) is 18.5. The van der Waals surface area contributed by atoms with Gasteiger partial charge in [0.15, 0.2) is 0 Å². The molecule has 1 fully saturated rings. The van der Waals surface area contributed by atoms with Crippen molar-refractivity contribution in [3.05, 3.63) is 53.9 Å². The third kappa shape index (κ3) is 4.21. The summed E-state index contributed by atoms with van der Waals surface area (Å²) < 4.78 is 7.76. The molecule has 128 valence electrons. The summed E-state index contributed by atoms with van der Waals surface area (Å²) in [5, 5.41) is 4.24. The lowest BCUT2D eigenvalue weighted by Crippen LogP contribution is -2.43. The summed E-state index contributed by atoms with van der Waals surface area (Å²) in [5.41, 5.74) is 1.89. The first-order chi connectivity index (χ1) is 11.6. The minimum atomic E-state index is 0.0374. The van der Waals surface area contributed by atoms with E-state index in [1.165, 1.54) is 0 Å². The highest BCUT2D eigenvalue weighted by Gasteiger charge is 2.21. The predicted octanol–water partition coefficient (Wildman–Crippen LogP) is 1.49. The Balaban J connectivity index is 1.61. The number of morpholine rings is 1. The zero-order chi connectivity index (χ0) is 16.9. The van der Waals surface area contributed by atoms with Crippen LogP contribution in [0.3, 0.4) is 0 Å². The van der Waals surface area contributed by atoms with E-state index in [-0.39, 0.29) is 12.0 Å². The number of carbonyl (C=O) groups is 1. The molecule has 0 aliphatic carbocycles. The summed E-state index contributed by atoms with van der Waals surface area (Å²) in [6.07, 6.45) is 3.89. The molecule has 0 saturated carbocycles. The average Bonchev–Trinajstić information content (AvgIpc) is 3.07. The molecule has 6 heteroatoms. The number of hydrogen-bond donors (Lipinski definition) is 0. The molecule has 1 unspecified atom stereocenters. The molecule has 1 aromatic carbocycles. The molecule has 24 heavy (non-hydrogen) atoms. The van der Waals surface area contributed by atoms with E-state index in [0.717, 1.165) is 43.9 Å². The van der Waals surface area contributed by atoms with Gasteiger partial charge in [0.1, 0.15) is 0 Å². The van der Waals surface area contributed by atoms with Crippen LogP contribution in [0.5, 0.6) is 0 Å². The summed E-state index contributed by atoms with van der Waals surface area (Å²) in [6, 6.07) is 9.80. The van der Waals surface area contributed by atoms with E-state index in [4.69, 9.17) is 4.74 Å². The van der Waals surface area contributed by atoms with Crippen molar-refractivity contribution in [2.75, 3.05) is 33.8 Å². The van der Waals surface area contributed by atoms with Crippen LogP contribution in [0.15, 0.2) is 42.7 Å². The summed E-state index contributed by atoms with van der Waals surface area (Å²) >= 11 is 0. The maximum Gasteiger partial charge on any atom is 0.253 e. The second kappa shape index (κ2) is 7.59. The van der Waals surface area contributed by atoms with Crippen LogP contribution in [0, 0.1) is 0 Å². The highest BCUT2D eigenvalue weighted by Crippen LogP contribution is 2.14. The lowest BCUT2D eigenvalue weighted by atomic mass is 10.1. The van der Waals surface area contributed by atoms with Crippen molar-refractivity contribution in [2.45, 2.75) is 19.2 Å². The number of nitrogens with zero attached hydrogens (tertiary/aromatic N) is 4. The maximum absolute atomic E-state index is 12.1. The van der Waals surface area contributed by atoms with Crippen LogP contribution in [0.25, 0.3) is 0 Å². The van der Waals surface area contributed by atoms with E-state index in [1.807, 2.05) is 35.1 Å². The van der Waals surface area contributed by atoms with Crippen LogP contribution in [-0.2, 0) is 17.8 Å². The molecule has 0 bridgehead atoms. The zero-order valence-electron chi connectivity index (χ0n) is 14.3. The van der Waals surface area contributed by atoms with Gasteiger partial charge < -0.3 is 9.64 Å². The molecule has 1 atom stereocenters. The molecule has 1 aromatic heterocycles. The Hall–Kier alpha value is -2.18. The second-order valence-corrected chi connectivity index (χ2v) is 6.36. The Bertz CT molecular complexity index is 669. The molecule has 0 N–H and O–H groups in total. The van der Waals surface area contributed by atoms with Crippen molar-refractivity contribution in [2.24, 2.45) is 0 Å². The third-order valence-electron chi connectivity index (χ3n) is 4.16. The molecule has 2 aromatic rings. The van der Waals surface area contributed by atoms with Crippen LogP contribution >= 0.6 is 0 Å². The molecule has 3 rings (SSSR count). The zero-order valence-corrected chi connectivity index (χ0v) is 14.3. The van der Waals surface area contributed by atoms with Gasteiger partial charge in [-0.1, -0.05) is 12.1 Å². The van der Waals surface area contributed by atoms with Gasteiger partial charge in [-0.15, -0.1) is 0 Å². The van der Waals surface area contributed by atoms with Crippen LogP contribution in [0.2, 0.25) is 0 Å². The first-order valence-corrected chi connectivity index (χ1v) is 8.24. The Kier molecular flexibility index (Phi) is 5.27. The minimum absolute atomic E-state index is 0.0374. The van der Waals surface area contributed by atoms with E-state index in [9.17, 15) is 4.79 Å². The molecule has 0 spiro atoms. The molecular weight excluding hydrogens is 304 g/mol. The summed E-state index contributed by atoms with van der Waals surface area (Å²) in [7, 11) is 3.55. The highest BCUT2D eigenvalue weighted by atomic mass is 16.5. The van der Waals surface area contributed by atoms with Crippen molar-refractivity contribution in [1.29, 1.82) is 0 Å². The van der Waals surface area contributed by atoms with Gasteiger partial charge in [0.25, 0.3) is 5.91 Å². The number of ether oxygens (including phenoxy) is 1. The quantitative estimate of drug-likeness (QED) is 0.834. The van der Waals surface area contributed by atoms with Gasteiger partial charge in [0, 0.05) is 51.7 Å². The van der Waals surface area contributed by atoms with Crippen LogP contribution < -0.4 is 0 Å². The fraction of sp³-hybridized carbons (Fsp3) is 0.444. The monoisotopic (exact) mass is 328 g/mol. The van der Waals surface area contributed by atoms with Gasteiger partial charge in [-0.05, 0) is 23.8 Å². The average molecular weight is 328 g/mol. The molecule has 6 nitrogen and oxygen atoms in total.